The molecule has 0 heterocycles. The van der Waals surface area contributed by atoms with Crippen LogP contribution in [0.4, 0.5) is 0 Å². The number of rotatable bonds is 4. The first-order valence-electron chi connectivity index (χ1n) is 5.05. The SMILES string of the molecule is COSCCC1CC2CCC1C2. The lowest BCUT2D eigenvalue weighted by Gasteiger charge is -2.20. The topological polar surface area (TPSA) is 9.23 Å². The first-order chi connectivity index (χ1) is 5.90. The Morgan fingerprint density at radius 1 is 1.33 bits per heavy atom. The molecule has 2 aliphatic rings. The van der Waals surface area contributed by atoms with Gasteiger partial charge in [0.1, 0.15) is 0 Å². The first-order valence-corrected chi connectivity index (χ1v) is 5.97. The molecule has 12 heavy (non-hydrogen) atoms. The molecule has 3 unspecified atom stereocenters. The zero-order valence-electron chi connectivity index (χ0n) is 7.79. The van der Waals surface area contributed by atoms with E-state index in [0.717, 1.165) is 17.8 Å². The summed E-state index contributed by atoms with van der Waals surface area (Å²) in [6.07, 6.45) is 7.50. The van der Waals surface area contributed by atoms with Crippen LogP contribution in [0.15, 0.2) is 0 Å². The van der Waals surface area contributed by atoms with Crippen LogP contribution in [0.25, 0.3) is 0 Å². The van der Waals surface area contributed by atoms with E-state index in [9.17, 15) is 0 Å². The van der Waals surface area contributed by atoms with Crippen molar-refractivity contribution in [1.82, 2.24) is 0 Å². The Labute approximate surface area is 79.5 Å². The van der Waals surface area contributed by atoms with E-state index in [4.69, 9.17) is 4.18 Å². The summed E-state index contributed by atoms with van der Waals surface area (Å²) in [5.41, 5.74) is 0. The third-order valence-corrected chi connectivity index (χ3v) is 4.21. The number of hydrogen-bond acceptors (Lipinski definition) is 2. The minimum atomic E-state index is 1.05. The fraction of sp³-hybridized carbons (Fsp3) is 1.00. The van der Waals surface area contributed by atoms with Gasteiger partial charge in [-0.3, -0.25) is 0 Å². The zero-order valence-corrected chi connectivity index (χ0v) is 8.61. The lowest BCUT2D eigenvalue weighted by Crippen LogP contribution is -2.10. The van der Waals surface area contributed by atoms with Crippen molar-refractivity contribution in [2.75, 3.05) is 12.9 Å². The molecule has 0 aromatic carbocycles. The second-order valence-electron chi connectivity index (χ2n) is 4.21. The Bertz CT molecular complexity index is 149. The molecule has 2 fully saturated rings. The van der Waals surface area contributed by atoms with Gasteiger partial charge in [-0.25, -0.2) is 0 Å². The van der Waals surface area contributed by atoms with E-state index < -0.39 is 0 Å². The van der Waals surface area contributed by atoms with E-state index in [2.05, 4.69) is 0 Å². The fourth-order valence-electron chi connectivity index (χ4n) is 3.01. The highest BCUT2D eigenvalue weighted by Crippen LogP contribution is 2.49. The maximum absolute atomic E-state index is 5.00. The van der Waals surface area contributed by atoms with Gasteiger partial charge in [0.25, 0.3) is 0 Å². The molecule has 0 amide bonds. The van der Waals surface area contributed by atoms with Gasteiger partial charge in [-0.2, -0.15) is 0 Å². The Morgan fingerprint density at radius 2 is 2.25 bits per heavy atom. The summed E-state index contributed by atoms with van der Waals surface area (Å²) in [6, 6.07) is 0. The molecule has 2 aliphatic carbocycles. The Kier molecular flexibility index (Phi) is 2.97. The van der Waals surface area contributed by atoms with Gasteiger partial charge in [-0.15, -0.1) is 0 Å². The van der Waals surface area contributed by atoms with E-state index in [1.807, 2.05) is 0 Å². The van der Waals surface area contributed by atoms with Gasteiger partial charge in [-0.05, 0) is 55.5 Å². The van der Waals surface area contributed by atoms with Crippen LogP contribution in [0.2, 0.25) is 0 Å². The number of fused-ring (bicyclic) bond motifs is 2. The first kappa shape index (κ1) is 8.89. The molecule has 0 radical (unpaired) electrons. The highest BCUT2D eigenvalue weighted by Gasteiger charge is 2.38. The average Bonchev–Trinajstić information content (AvgIpc) is 2.65. The van der Waals surface area contributed by atoms with Crippen LogP contribution < -0.4 is 0 Å². The maximum Gasteiger partial charge on any atom is 0.0503 e. The van der Waals surface area contributed by atoms with Crippen molar-refractivity contribution >= 4 is 12.0 Å². The summed E-state index contributed by atoms with van der Waals surface area (Å²) in [5.74, 6) is 4.44. The summed E-state index contributed by atoms with van der Waals surface area (Å²) < 4.78 is 5.00. The van der Waals surface area contributed by atoms with Gasteiger partial charge in [-0.1, -0.05) is 6.42 Å². The van der Waals surface area contributed by atoms with Crippen molar-refractivity contribution in [1.29, 1.82) is 0 Å². The van der Waals surface area contributed by atoms with E-state index in [1.165, 1.54) is 31.4 Å². The molecule has 2 bridgehead atoms. The highest BCUT2D eigenvalue weighted by molar-refractivity contribution is 7.94. The monoisotopic (exact) mass is 186 g/mol. The smallest absolute Gasteiger partial charge is 0.0503 e. The van der Waals surface area contributed by atoms with E-state index in [0.29, 0.717) is 0 Å². The largest absolute Gasteiger partial charge is 0.319 e. The standard InChI is InChI=1S/C10H18OS/c1-11-12-5-4-10-7-8-2-3-9(10)6-8/h8-10H,2-7H2,1H3. The molecular weight excluding hydrogens is 168 g/mol. The van der Waals surface area contributed by atoms with E-state index >= 15 is 0 Å². The molecule has 0 N–H and O–H groups in total. The molecule has 1 nitrogen and oxygen atoms in total. The van der Waals surface area contributed by atoms with Gasteiger partial charge >= 0.3 is 0 Å². The van der Waals surface area contributed by atoms with Crippen molar-refractivity contribution in [3.63, 3.8) is 0 Å². The molecule has 0 spiro atoms. The van der Waals surface area contributed by atoms with E-state index in [1.54, 1.807) is 25.6 Å². The van der Waals surface area contributed by atoms with Crippen molar-refractivity contribution in [2.45, 2.75) is 32.1 Å². The predicted molar refractivity (Wildman–Crippen MR) is 53.0 cm³/mol. The Hall–Kier alpha value is 0.310. The third-order valence-electron chi connectivity index (χ3n) is 3.57. The molecule has 3 atom stereocenters. The van der Waals surface area contributed by atoms with Crippen molar-refractivity contribution in [3.05, 3.63) is 0 Å². The van der Waals surface area contributed by atoms with Crippen LogP contribution in [-0.2, 0) is 4.18 Å². The summed E-state index contributed by atoms with van der Waals surface area (Å²) in [6.45, 7) is 0. The minimum absolute atomic E-state index is 1.05. The van der Waals surface area contributed by atoms with Gasteiger partial charge in [0.2, 0.25) is 0 Å². The summed E-state index contributed by atoms with van der Waals surface area (Å²) in [5, 5.41) is 0. The number of hydrogen-bond donors (Lipinski definition) is 0. The summed E-state index contributed by atoms with van der Waals surface area (Å²) in [7, 11) is 1.77. The van der Waals surface area contributed by atoms with Gasteiger partial charge in [0.15, 0.2) is 0 Å². The average molecular weight is 186 g/mol. The second kappa shape index (κ2) is 4.01. The van der Waals surface area contributed by atoms with Crippen LogP contribution in [0.3, 0.4) is 0 Å². The fourth-order valence-corrected chi connectivity index (χ4v) is 3.58. The van der Waals surface area contributed by atoms with Crippen LogP contribution >= 0.6 is 12.0 Å². The van der Waals surface area contributed by atoms with E-state index in [-0.39, 0.29) is 0 Å². The lowest BCUT2D eigenvalue weighted by atomic mass is 9.87. The minimum Gasteiger partial charge on any atom is -0.319 e. The molecule has 0 saturated heterocycles. The zero-order chi connectivity index (χ0) is 8.39. The van der Waals surface area contributed by atoms with Crippen LogP contribution in [0.1, 0.15) is 32.1 Å². The molecule has 0 aromatic heterocycles. The Morgan fingerprint density at radius 3 is 2.83 bits per heavy atom. The maximum atomic E-state index is 5.00. The van der Waals surface area contributed by atoms with Gasteiger partial charge in [0, 0.05) is 5.75 Å². The summed E-state index contributed by atoms with van der Waals surface area (Å²) in [4.78, 5) is 0. The summed E-state index contributed by atoms with van der Waals surface area (Å²) >= 11 is 1.62. The van der Waals surface area contributed by atoms with Crippen molar-refractivity contribution < 1.29 is 4.18 Å². The van der Waals surface area contributed by atoms with Crippen molar-refractivity contribution in [2.24, 2.45) is 17.8 Å². The lowest BCUT2D eigenvalue weighted by molar-refractivity contribution is 0.325. The van der Waals surface area contributed by atoms with Crippen LogP contribution in [0, 0.1) is 17.8 Å². The quantitative estimate of drug-likeness (QED) is 0.493. The van der Waals surface area contributed by atoms with Crippen molar-refractivity contribution in [3.8, 4) is 0 Å². The molecule has 2 heteroatoms. The van der Waals surface area contributed by atoms with Gasteiger partial charge < -0.3 is 4.18 Å². The second-order valence-corrected chi connectivity index (χ2v) is 5.19. The van der Waals surface area contributed by atoms with Crippen LogP contribution in [0.5, 0.6) is 0 Å². The Balaban J connectivity index is 1.69. The molecule has 2 rings (SSSR count). The molecule has 70 valence electrons. The van der Waals surface area contributed by atoms with Crippen LogP contribution in [-0.4, -0.2) is 12.9 Å². The molecular formula is C10H18OS. The molecule has 0 aromatic rings. The third kappa shape index (κ3) is 1.80. The normalized spacial score (nSPS) is 39.2. The predicted octanol–water partition coefficient (Wildman–Crippen LogP) is 3.11. The van der Waals surface area contributed by atoms with Gasteiger partial charge in [0.05, 0.1) is 7.11 Å². The molecule has 0 aliphatic heterocycles. The molecule has 2 saturated carbocycles. The highest BCUT2D eigenvalue weighted by atomic mass is 32.2.